The largest absolute Gasteiger partial charge is 0.623 e. The molecule has 0 spiro atoms. The summed E-state index contributed by atoms with van der Waals surface area (Å²) in [4.78, 5) is 4.53. The highest BCUT2D eigenvalue weighted by Gasteiger charge is 2.46. The van der Waals surface area contributed by atoms with Crippen LogP contribution in [0.1, 0.15) is 13.3 Å². The molecule has 9 heteroatoms. The second-order valence-electron chi connectivity index (χ2n) is 5.70. The lowest BCUT2D eigenvalue weighted by atomic mass is 10.3. The molecule has 7 nitrogen and oxygen atoms in total. The SMILES string of the molecule is CCCN1CC(N2CCOCC2)[N+]([O-])(c2nnc(SC)s2)C1. The van der Waals surface area contributed by atoms with Crippen LogP contribution in [-0.4, -0.2) is 78.5 Å². The van der Waals surface area contributed by atoms with Gasteiger partial charge in [-0.1, -0.05) is 23.8 Å². The molecule has 3 rings (SSSR count). The fraction of sp³-hybridized carbons (Fsp3) is 0.846. The van der Waals surface area contributed by atoms with Gasteiger partial charge < -0.3 is 9.94 Å². The van der Waals surface area contributed by atoms with E-state index in [0.29, 0.717) is 25.0 Å². The Morgan fingerprint density at radius 1 is 1.41 bits per heavy atom. The summed E-state index contributed by atoms with van der Waals surface area (Å²) in [6.07, 6.45) is 2.92. The third kappa shape index (κ3) is 3.16. The summed E-state index contributed by atoms with van der Waals surface area (Å²) in [5.74, 6) is 0. The first-order valence-electron chi connectivity index (χ1n) is 7.68. The predicted molar refractivity (Wildman–Crippen MR) is 89.8 cm³/mol. The Balaban J connectivity index is 1.86. The average molecular weight is 345 g/mol. The summed E-state index contributed by atoms with van der Waals surface area (Å²) in [7, 11) is 0. The molecule has 2 unspecified atom stereocenters. The first-order chi connectivity index (χ1) is 10.7. The van der Waals surface area contributed by atoms with Crippen LogP contribution in [0.2, 0.25) is 0 Å². The fourth-order valence-corrected chi connectivity index (χ4v) is 4.50. The molecule has 0 aromatic carbocycles. The molecule has 2 saturated heterocycles. The highest BCUT2D eigenvalue weighted by Crippen LogP contribution is 2.37. The van der Waals surface area contributed by atoms with Gasteiger partial charge in [0.25, 0.3) is 0 Å². The Kier molecular flexibility index (Phi) is 5.33. The van der Waals surface area contributed by atoms with Crippen molar-refractivity contribution in [3.05, 3.63) is 5.21 Å². The predicted octanol–water partition coefficient (Wildman–Crippen LogP) is 1.41. The van der Waals surface area contributed by atoms with Gasteiger partial charge in [0.1, 0.15) is 6.67 Å². The summed E-state index contributed by atoms with van der Waals surface area (Å²) >= 11 is 2.98. The number of aromatic nitrogens is 2. The number of hydroxylamine groups is 2. The van der Waals surface area contributed by atoms with Gasteiger partial charge in [-0.05, 0) is 24.0 Å². The van der Waals surface area contributed by atoms with Crippen LogP contribution in [0.25, 0.3) is 0 Å². The summed E-state index contributed by atoms with van der Waals surface area (Å²) in [5.41, 5.74) is 0. The van der Waals surface area contributed by atoms with Crippen molar-refractivity contribution >= 4 is 28.2 Å². The van der Waals surface area contributed by atoms with Gasteiger partial charge in [0.05, 0.1) is 19.8 Å². The lowest BCUT2D eigenvalue weighted by Crippen LogP contribution is -2.59. The van der Waals surface area contributed by atoms with Crippen LogP contribution in [0.3, 0.4) is 0 Å². The average Bonchev–Trinajstić information content (AvgIpc) is 3.14. The molecule has 0 N–H and O–H groups in total. The number of quaternary nitrogens is 1. The van der Waals surface area contributed by atoms with E-state index in [2.05, 4.69) is 26.9 Å². The van der Waals surface area contributed by atoms with Gasteiger partial charge in [0.15, 0.2) is 10.5 Å². The smallest absolute Gasteiger partial charge is 0.309 e. The molecule has 22 heavy (non-hydrogen) atoms. The van der Waals surface area contributed by atoms with E-state index in [-0.39, 0.29) is 6.17 Å². The fourth-order valence-electron chi connectivity index (χ4n) is 3.17. The Labute approximate surface area is 139 Å². The third-order valence-corrected chi connectivity index (χ3v) is 6.22. The van der Waals surface area contributed by atoms with Gasteiger partial charge >= 0.3 is 5.13 Å². The van der Waals surface area contributed by atoms with E-state index >= 15 is 0 Å². The van der Waals surface area contributed by atoms with E-state index in [9.17, 15) is 5.21 Å². The minimum absolute atomic E-state index is 0.0990. The van der Waals surface area contributed by atoms with E-state index in [0.717, 1.165) is 36.9 Å². The highest BCUT2D eigenvalue weighted by atomic mass is 32.2. The van der Waals surface area contributed by atoms with Crippen molar-refractivity contribution in [1.29, 1.82) is 0 Å². The molecule has 0 aliphatic carbocycles. The van der Waals surface area contributed by atoms with E-state index in [1.165, 1.54) is 11.3 Å². The molecule has 2 aliphatic heterocycles. The van der Waals surface area contributed by atoms with Crippen LogP contribution >= 0.6 is 23.1 Å². The van der Waals surface area contributed by atoms with Crippen LogP contribution < -0.4 is 4.65 Å². The first kappa shape index (κ1) is 16.6. The number of ether oxygens (including phenoxy) is 1. The molecule has 0 bridgehead atoms. The zero-order chi connectivity index (χ0) is 15.6. The van der Waals surface area contributed by atoms with Crippen LogP contribution in [0, 0.1) is 5.21 Å². The second kappa shape index (κ2) is 7.08. The summed E-state index contributed by atoms with van der Waals surface area (Å²) < 4.78 is 5.90. The number of hydrogen-bond acceptors (Lipinski definition) is 8. The Hall–Kier alpha value is -0.290. The van der Waals surface area contributed by atoms with Crippen molar-refractivity contribution in [1.82, 2.24) is 24.6 Å². The lowest BCUT2D eigenvalue weighted by molar-refractivity contribution is -0.00417. The number of hydrogen-bond donors (Lipinski definition) is 0. The molecular weight excluding hydrogens is 322 g/mol. The lowest BCUT2D eigenvalue weighted by Gasteiger charge is -2.45. The van der Waals surface area contributed by atoms with E-state index < -0.39 is 4.65 Å². The Bertz CT molecular complexity index is 497. The molecule has 3 heterocycles. The topological polar surface area (TPSA) is 64.5 Å². The minimum Gasteiger partial charge on any atom is -0.623 e. The first-order valence-corrected chi connectivity index (χ1v) is 9.72. The number of rotatable bonds is 5. The molecule has 1 aromatic rings. The van der Waals surface area contributed by atoms with Gasteiger partial charge in [-0.25, -0.2) is 9.80 Å². The number of thioether (sulfide) groups is 1. The van der Waals surface area contributed by atoms with Crippen LogP contribution in [0.5, 0.6) is 0 Å². The summed E-state index contributed by atoms with van der Waals surface area (Å²) in [6, 6.07) is 0. The normalized spacial score (nSPS) is 31.0. The van der Waals surface area contributed by atoms with E-state index in [1.54, 1.807) is 11.8 Å². The standard InChI is InChI=1S/C13H23N5O2S2/c1-3-4-16-9-11(17-5-7-20-8-6-17)18(19,10-16)12-14-15-13(21-2)22-12/h11H,3-10H2,1-2H3. The van der Waals surface area contributed by atoms with Crippen LogP contribution in [0.15, 0.2) is 4.34 Å². The maximum Gasteiger partial charge on any atom is 0.309 e. The van der Waals surface area contributed by atoms with Crippen molar-refractivity contribution in [3.8, 4) is 0 Å². The monoisotopic (exact) mass is 345 g/mol. The van der Waals surface area contributed by atoms with Gasteiger partial charge in [0.2, 0.25) is 0 Å². The molecule has 2 atom stereocenters. The molecule has 1 aromatic heterocycles. The van der Waals surface area contributed by atoms with Gasteiger partial charge in [-0.3, -0.25) is 4.65 Å². The zero-order valence-electron chi connectivity index (χ0n) is 13.1. The molecule has 124 valence electrons. The van der Waals surface area contributed by atoms with Crippen molar-refractivity contribution < 1.29 is 4.74 Å². The van der Waals surface area contributed by atoms with Gasteiger partial charge in [-0.15, -0.1) is 5.10 Å². The van der Waals surface area contributed by atoms with Gasteiger partial charge in [-0.2, -0.15) is 0 Å². The third-order valence-electron chi connectivity index (χ3n) is 4.21. The Morgan fingerprint density at radius 3 is 2.82 bits per heavy atom. The summed E-state index contributed by atoms with van der Waals surface area (Å²) in [5, 5.41) is 22.6. The van der Waals surface area contributed by atoms with Crippen molar-refractivity contribution in [3.63, 3.8) is 0 Å². The quantitative estimate of drug-likeness (QED) is 0.454. The Morgan fingerprint density at radius 2 is 2.18 bits per heavy atom. The highest BCUT2D eigenvalue weighted by molar-refractivity contribution is 8.00. The maximum atomic E-state index is 13.7. The summed E-state index contributed by atoms with van der Waals surface area (Å²) in [6.45, 7) is 7.43. The minimum atomic E-state index is -0.391. The van der Waals surface area contributed by atoms with Crippen LogP contribution in [0.4, 0.5) is 5.13 Å². The van der Waals surface area contributed by atoms with Crippen LogP contribution in [-0.2, 0) is 4.74 Å². The molecule has 2 fully saturated rings. The van der Waals surface area contributed by atoms with Crippen molar-refractivity contribution in [2.45, 2.75) is 23.8 Å². The molecule has 2 aliphatic rings. The van der Waals surface area contributed by atoms with E-state index in [4.69, 9.17) is 4.74 Å². The zero-order valence-corrected chi connectivity index (χ0v) is 14.7. The van der Waals surface area contributed by atoms with E-state index in [1.807, 2.05) is 6.26 Å². The maximum absolute atomic E-state index is 13.7. The van der Waals surface area contributed by atoms with Gasteiger partial charge in [0, 0.05) is 19.6 Å². The van der Waals surface area contributed by atoms with Crippen molar-refractivity contribution in [2.24, 2.45) is 0 Å². The number of nitrogens with zero attached hydrogens (tertiary/aromatic N) is 5. The molecular formula is C13H23N5O2S2. The number of morpholine rings is 1. The molecule has 0 amide bonds. The molecule has 0 saturated carbocycles. The molecule has 0 radical (unpaired) electrons. The van der Waals surface area contributed by atoms with Crippen molar-refractivity contribution in [2.75, 3.05) is 52.3 Å². The second-order valence-corrected chi connectivity index (χ2v) is 7.71.